The first-order valence-corrected chi connectivity index (χ1v) is 6.71. The lowest BCUT2D eigenvalue weighted by Crippen LogP contribution is -2.30. The van der Waals surface area contributed by atoms with Crippen molar-refractivity contribution in [2.45, 2.75) is 38.7 Å². The lowest BCUT2D eigenvalue weighted by molar-refractivity contribution is -0.128. The summed E-state index contributed by atoms with van der Waals surface area (Å²) >= 11 is 0. The van der Waals surface area contributed by atoms with E-state index in [1.165, 1.54) is 0 Å². The largest absolute Gasteiger partial charge is 0.396 e. The van der Waals surface area contributed by atoms with E-state index in [2.05, 4.69) is 20.3 Å². The molecule has 22 heavy (non-hydrogen) atoms. The molecule has 0 unspecified atom stereocenters. The lowest BCUT2D eigenvalue weighted by atomic mass is 10.1. The molecule has 2 N–H and O–H groups in total. The molecular weight excluding hydrogens is 303 g/mol. The van der Waals surface area contributed by atoms with Crippen molar-refractivity contribution in [1.29, 1.82) is 0 Å². The van der Waals surface area contributed by atoms with Crippen LogP contribution in [0.4, 0.5) is 13.2 Å². The Labute approximate surface area is 123 Å². The van der Waals surface area contributed by atoms with Gasteiger partial charge in [0.15, 0.2) is 5.82 Å². The van der Waals surface area contributed by atoms with E-state index in [1.807, 2.05) is 4.90 Å². The van der Waals surface area contributed by atoms with E-state index >= 15 is 0 Å². The van der Waals surface area contributed by atoms with Crippen LogP contribution in [0.2, 0.25) is 0 Å². The zero-order chi connectivity index (χ0) is 15.7. The highest BCUT2D eigenvalue weighted by atomic mass is 19.4. The number of aliphatic hydroxyl groups excluding tert-OH is 1. The number of H-pyrrole nitrogens is 1. The SMILES string of the molecule is OCc1n[nH]c2c1CN(Cc1nc(CC(F)(F)F)no1)CC2. The van der Waals surface area contributed by atoms with E-state index < -0.39 is 12.6 Å². The molecule has 0 radical (unpaired) electrons. The van der Waals surface area contributed by atoms with Gasteiger partial charge in [-0.2, -0.15) is 23.3 Å². The van der Waals surface area contributed by atoms with E-state index in [4.69, 9.17) is 4.52 Å². The summed E-state index contributed by atoms with van der Waals surface area (Å²) in [6, 6.07) is 0. The van der Waals surface area contributed by atoms with Crippen LogP contribution < -0.4 is 0 Å². The molecule has 1 aliphatic heterocycles. The zero-order valence-corrected chi connectivity index (χ0v) is 11.5. The van der Waals surface area contributed by atoms with Gasteiger partial charge in [0.1, 0.15) is 6.42 Å². The maximum Gasteiger partial charge on any atom is 0.396 e. The Morgan fingerprint density at radius 1 is 1.36 bits per heavy atom. The van der Waals surface area contributed by atoms with Crippen LogP contribution in [0.3, 0.4) is 0 Å². The van der Waals surface area contributed by atoms with Crippen LogP contribution in [0.1, 0.15) is 28.7 Å². The first kappa shape index (κ1) is 15.0. The molecule has 0 amide bonds. The molecule has 0 bridgehead atoms. The Bertz CT molecular complexity index is 638. The Morgan fingerprint density at radius 3 is 2.91 bits per heavy atom. The standard InChI is InChI=1S/C12H14F3N5O2/c13-12(14,15)3-10-16-11(22-19-10)5-20-2-1-8-7(4-20)9(6-21)18-17-8/h21H,1-6H2,(H,17,18). The third-order valence-electron chi connectivity index (χ3n) is 3.48. The van der Waals surface area contributed by atoms with E-state index in [0.717, 1.165) is 11.3 Å². The molecule has 2 aromatic heterocycles. The average molecular weight is 317 g/mol. The minimum Gasteiger partial charge on any atom is -0.390 e. The van der Waals surface area contributed by atoms with Crippen LogP contribution in [-0.2, 0) is 32.5 Å². The summed E-state index contributed by atoms with van der Waals surface area (Å²) in [5.41, 5.74) is 2.48. The van der Waals surface area contributed by atoms with Crippen molar-refractivity contribution in [2.24, 2.45) is 0 Å². The molecule has 2 aromatic rings. The quantitative estimate of drug-likeness (QED) is 0.872. The maximum atomic E-state index is 12.3. The van der Waals surface area contributed by atoms with Gasteiger partial charge in [0.25, 0.3) is 0 Å². The van der Waals surface area contributed by atoms with Gasteiger partial charge < -0.3 is 9.63 Å². The van der Waals surface area contributed by atoms with Crippen LogP contribution in [0.15, 0.2) is 4.52 Å². The molecule has 0 saturated carbocycles. The van der Waals surface area contributed by atoms with Crippen LogP contribution >= 0.6 is 0 Å². The third kappa shape index (κ3) is 3.28. The molecule has 1 aliphatic rings. The Hall–Kier alpha value is -1.94. The van der Waals surface area contributed by atoms with E-state index in [1.54, 1.807) is 0 Å². The van der Waals surface area contributed by atoms with Crippen molar-refractivity contribution < 1.29 is 22.8 Å². The maximum absolute atomic E-state index is 12.3. The summed E-state index contributed by atoms with van der Waals surface area (Å²) < 4.78 is 41.6. The first-order chi connectivity index (χ1) is 10.4. The molecule has 0 atom stereocenters. The molecule has 10 heteroatoms. The van der Waals surface area contributed by atoms with Gasteiger partial charge in [-0.25, -0.2) is 0 Å². The monoisotopic (exact) mass is 317 g/mol. The van der Waals surface area contributed by atoms with Crippen LogP contribution in [-0.4, -0.2) is 43.1 Å². The van der Waals surface area contributed by atoms with Gasteiger partial charge in [-0.05, 0) is 0 Å². The fourth-order valence-corrected chi connectivity index (χ4v) is 2.47. The number of aromatic amines is 1. The van der Waals surface area contributed by atoms with Crippen molar-refractivity contribution in [2.75, 3.05) is 6.54 Å². The predicted molar refractivity (Wildman–Crippen MR) is 66.4 cm³/mol. The van der Waals surface area contributed by atoms with E-state index in [-0.39, 0.29) is 24.9 Å². The minimum atomic E-state index is -4.35. The molecule has 0 saturated heterocycles. The number of halogens is 3. The highest BCUT2D eigenvalue weighted by Gasteiger charge is 2.31. The fourth-order valence-electron chi connectivity index (χ4n) is 2.47. The number of nitrogens with one attached hydrogen (secondary N) is 1. The average Bonchev–Trinajstić information content (AvgIpc) is 3.03. The summed E-state index contributed by atoms with van der Waals surface area (Å²) in [7, 11) is 0. The lowest BCUT2D eigenvalue weighted by Gasteiger charge is -2.25. The third-order valence-corrected chi connectivity index (χ3v) is 3.48. The smallest absolute Gasteiger partial charge is 0.390 e. The summed E-state index contributed by atoms with van der Waals surface area (Å²) in [5.74, 6) is -0.212. The highest BCUT2D eigenvalue weighted by Crippen LogP contribution is 2.22. The van der Waals surface area contributed by atoms with Gasteiger partial charge in [-0.1, -0.05) is 5.16 Å². The van der Waals surface area contributed by atoms with Gasteiger partial charge in [-0.3, -0.25) is 10.00 Å². The first-order valence-electron chi connectivity index (χ1n) is 6.71. The predicted octanol–water partition coefficient (Wildman–Crippen LogP) is 0.948. The van der Waals surface area contributed by atoms with E-state index in [0.29, 0.717) is 25.2 Å². The second-order valence-electron chi connectivity index (χ2n) is 5.14. The van der Waals surface area contributed by atoms with Crippen molar-refractivity contribution in [3.8, 4) is 0 Å². The summed E-state index contributed by atoms with van der Waals surface area (Å²) in [6.07, 6.45) is -4.84. The Morgan fingerprint density at radius 2 is 2.18 bits per heavy atom. The molecule has 3 rings (SSSR count). The van der Waals surface area contributed by atoms with E-state index in [9.17, 15) is 18.3 Å². The number of aromatic nitrogens is 4. The van der Waals surface area contributed by atoms with Crippen LogP contribution in [0.25, 0.3) is 0 Å². The number of rotatable bonds is 4. The second kappa shape index (κ2) is 5.69. The van der Waals surface area contributed by atoms with Crippen molar-refractivity contribution >= 4 is 0 Å². The van der Waals surface area contributed by atoms with Gasteiger partial charge in [0.2, 0.25) is 5.89 Å². The molecule has 120 valence electrons. The van der Waals surface area contributed by atoms with Gasteiger partial charge >= 0.3 is 6.18 Å². The van der Waals surface area contributed by atoms with Crippen molar-refractivity contribution in [1.82, 2.24) is 25.2 Å². The molecule has 3 heterocycles. The van der Waals surface area contributed by atoms with Gasteiger partial charge in [0, 0.05) is 30.8 Å². The summed E-state index contributed by atoms with van der Waals surface area (Å²) in [5, 5.41) is 19.5. The second-order valence-corrected chi connectivity index (χ2v) is 5.14. The molecule has 0 fully saturated rings. The number of alkyl halides is 3. The topological polar surface area (TPSA) is 91.1 Å². The highest BCUT2D eigenvalue weighted by molar-refractivity contribution is 5.27. The van der Waals surface area contributed by atoms with Gasteiger partial charge in [0.05, 0.1) is 18.8 Å². The Kier molecular flexibility index (Phi) is 3.87. The summed E-state index contributed by atoms with van der Waals surface area (Å²) in [6.45, 7) is 1.33. The number of aliphatic hydroxyl groups is 1. The summed E-state index contributed by atoms with van der Waals surface area (Å²) in [4.78, 5) is 5.72. The van der Waals surface area contributed by atoms with Crippen LogP contribution in [0.5, 0.6) is 0 Å². The molecule has 0 aliphatic carbocycles. The molecule has 0 spiro atoms. The zero-order valence-electron chi connectivity index (χ0n) is 11.5. The fraction of sp³-hybridized carbons (Fsp3) is 0.583. The van der Waals surface area contributed by atoms with Gasteiger partial charge in [-0.15, -0.1) is 0 Å². The van der Waals surface area contributed by atoms with Crippen molar-refractivity contribution in [3.05, 3.63) is 28.7 Å². The van der Waals surface area contributed by atoms with Crippen LogP contribution in [0, 0.1) is 0 Å². The number of fused-ring (bicyclic) bond motifs is 1. The Balaban J connectivity index is 1.65. The molecule has 0 aromatic carbocycles. The van der Waals surface area contributed by atoms with Crippen molar-refractivity contribution in [3.63, 3.8) is 0 Å². The molecular formula is C12H14F3N5O2. The molecule has 7 nitrogen and oxygen atoms in total. The number of nitrogens with zero attached hydrogens (tertiary/aromatic N) is 4. The number of hydrogen-bond acceptors (Lipinski definition) is 6. The number of hydrogen-bond donors (Lipinski definition) is 2. The normalized spacial score (nSPS) is 16.0. The minimum absolute atomic E-state index is 0.150.